The fraction of sp³-hybridized carbons (Fsp3) is 0.375. The molecule has 0 aromatic carbocycles. The van der Waals surface area contributed by atoms with Crippen molar-refractivity contribution in [2.24, 2.45) is 0 Å². The Balaban J connectivity index is 0. The zero-order valence-corrected chi connectivity index (χ0v) is 11.3. The highest BCUT2D eigenvalue weighted by Crippen LogP contribution is 2.10. The Bertz CT molecular complexity index is 274. The summed E-state index contributed by atoms with van der Waals surface area (Å²) in [6.45, 7) is 19.8. The van der Waals surface area contributed by atoms with Crippen molar-refractivity contribution in [1.82, 2.24) is 0 Å². The minimum atomic E-state index is 0.834. The Morgan fingerprint density at radius 1 is 0.938 bits per heavy atom. The van der Waals surface area contributed by atoms with Crippen molar-refractivity contribution < 1.29 is 0 Å². The summed E-state index contributed by atoms with van der Waals surface area (Å²) < 4.78 is 0. The lowest BCUT2D eigenvalue weighted by molar-refractivity contribution is 1.18. The maximum Gasteiger partial charge on any atom is -0.00376 e. The first-order valence-electron chi connectivity index (χ1n) is 5.92. The second-order valence-electron chi connectivity index (χ2n) is 3.48. The predicted octanol–water partition coefficient (Wildman–Crippen LogP) is 5.61. The van der Waals surface area contributed by atoms with E-state index in [1.165, 1.54) is 0 Å². The van der Waals surface area contributed by atoms with Gasteiger partial charge < -0.3 is 0 Å². The van der Waals surface area contributed by atoms with Crippen LogP contribution >= 0.6 is 0 Å². The molecule has 0 aliphatic heterocycles. The van der Waals surface area contributed by atoms with Crippen molar-refractivity contribution >= 4 is 0 Å². The molecule has 0 fully saturated rings. The summed E-state index contributed by atoms with van der Waals surface area (Å²) in [5, 5.41) is 0. The molecule has 0 saturated heterocycles. The molecular weight excluding hydrogens is 192 g/mol. The van der Waals surface area contributed by atoms with Crippen molar-refractivity contribution in [3.05, 3.63) is 60.8 Å². The van der Waals surface area contributed by atoms with Gasteiger partial charge in [-0.25, -0.2) is 0 Å². The third-order valence-electron chi connectivity index (χ3n) is 1.65. The average Bonchev–Trinajstić information content (AvgIpc) is 2.26. The van der Waals surface area contributed by atoms with E-state index in [0.29, 0.717) is 0 Å². The van der Waals surface area contributed by atoms with Crippen LogP contribution in [0.15, 0.2) is 60.8 Å². The Hall–Kier alpha value is -1.30. The maximum atomic E-state index is 3.96. The molecule has 0 aliphatic carbocycles. The van der Waals surface area contributed by atoms with Crippen LogP contribution < -0.4 is 0 Å². The molecule has 0 bridgehead atoms. The third-order valence-corrected chi connectivity index (χ3v) is 1.65. The molecule has 0 radical (unpaired) electrons. The zero-order valence-electron chi connectivity index (χ0n) is 11.3. The second kappa shape index (κ2) is 11.8. The maximum absolute atomic E-state index is 3.96. The second-order valence-corrected chi connectivity index (χ2v) is 3.48. The lowest BCUT2D eigenvalue weighted by atomic mass is 10.1. The number of allylic oxidation sites excluding steroid dienone is 7. The third kappa shape index (κ3) is 12.7. The molecule has 0 N–H and O–H groups in total. The molecule has 0 aromatic heterocycles. The number of hydrogen-bond acceptors (Lipinski definition) is 0. The van der Waals surface area contributed by atoms with Crippen LogP contribution in [-0.2, 0) is 0 Å². The van der Waals surface area contributed by atoms with Gasteiger partial charge in [0.1, 0.15) is 0 Å². The molecule has 0 nitrogen and oxygen atoms in total. The minimum Gasteiger partial charge on any atom is -0.0961 e. The molecule has 0 heteroatoms. The highest BCUT2D eigenvalue weighted by Gasteiger charge is 1.91. The molecule has 0 heterocycles. The monoisotopic (exact) mass is 218 g/mol. The molecule has 0 unspecified atom stereocenters. The first-order chi connectivity index (χ1) is 7.56. The Morgan fingerprint density at radius 2 is 1.44 bits per heavy atom. The van der Waals surface area contributed by atoms with E-state index in [-0.39, 0.29) is 0 Å². The van der Waals surface area contributed by atoms with Gasteiger partial charge in [-0.15, -0.1) is 0 Å². The van der Waals surface area contributed by atoms with Gasteiger partial charge in [0.05, 0.1) is 0 Å². The van der Waals surface area contributed by atoms with Crippen molar-refractivity contribution in [2.75, 3.05) is 0 Å². The first kappa shape index (κ1) is 17.1. The molecule has 90 valence electrons. The van der Waals surface area contributed by atoms with Gasteiger partial charge in [-0.3, -0.25) is 0 Å². The summed E-state index contributed by atoms with van der Waals surface area (Å²) in [4.78, 5) is 0. The van der Waals surface area contributed by atoms with Gasteiger partial charge in [0, 0.05) is 0 Å². The van der Waals surface area contributed by atoms with E-state index in [1.807, 2.05) is 32.9 Å². The van der Waals surface area contributed by atoms with Gasteiger partial charge in [-0.05, 0) is 19.8 Å². The molecule has 0 atom stereocenters. The summed E-state index contributed by atoms with van der Waals surface area (Å²) >= 11 is 0. The summed E-state index contributed by atoms with van der Waals surface area (Å²) in [5.41, 5.74) is 3.21. The topological polar surface area (TPSA) is 0 Å². The van der Waals surface area contributed by atoms with Crippen molar-refractivity contribution in [3.63, 3.8) is 0 Å². The molecule has 0 rings (SSSR count). The highest BCUT2D eigenvalue weighted by atomic mass is 14.0. The summed E-state index contributed by atoms with van der Waals surface area (Å²) in [5.74, 6) is 0. The number of hydrogen-bond donors (Lipinski definition) is 0. The smallest absolute Gasteiger partial charge is 0.00376 e. The van der Waals surface area contributed by atoms with Gasteiger partial charge in [0.25, 0.3) is 0 Å². The van der Waals surface area contributed by atoms with Crippen LogP contribution in [0.5, 0.6) is 0 Å². The van der Waals surface area contributed by atoms with E-state index in [2.05, 4.69) is 38.8 Å². The predicted molar refractivity (Wildman–Crippen MR) is 77.6 cm³/mol. The van der Waals surface area contributed by atoms with Crippen LogP contribution in [-0.4, -0.2) is 0 Å². The summed E-state index contributed by atoms with van der Waals surface area (Å²) in [6.07, 6.45) is 10.0. The van der Waals surface area contributed by atoms with E-state index >= 15 is 0 Å². The van der Waals surface area contributed by atoms with Gasteiger partial charge >= 0.3 is 0 Å². The van der Waals surface area contributed by atoms with Crippen LogP contribution in [0.4, 0.5) is 0 Å². The van der Waals surface area contributed by atoms with Gasteiger partial charge in [0.15, 0.2) is 0 Å². The molecular formula is C16H26. The lowest BCUT2D eigenvalue weighted by Crippen LogP contribution is -1.79. The van der Waals surface area contributed by atoms with Gasteiger partial charge in [-0.1, -0.05) is 81.5 Å². The summed E-state index contributed by atoms with van der Waals surface area (Å²) in [6, 6.07) is 0. The average molecular weight is 218 g/mol. The molecule has 0 amide bonds. The van der Waals surface area contributed by atoms with Crippen LogP contribution in [0.2, 0.25) is 0 Å². The lowest BCUT2D eigenvalue weighted by Gasteiger charge is -1.99. The standard InChI is InChI=1S/C14H20.C2H6/c1-6-7-8-13(4)11-14(5)10-9-12(2)3;1-2/h7-10H,2,4-6,11H2,1,3H3;1-2H3/b8-7-,10-9-;. The van der Waals surface area contributed by atoms with Gasteiger partial charge in [0.2, 0.25) is 0 Å². The van der Waals surface area contributed by atoms with Crippen molar-refractivity contribution in [2.45, 2.75) is 40.5 Å². The van der Waals surface area contributed by atoms with Crippen LogP contribution in [0.1, 0.15) is 40.5 Å². The van der Waals surface area contributed by atoms with Crippen LogP contribution in [0.3, 0.4) is 0 Å². The largest absolute Gasteiger partial charge is 0.0961 e. The minimum absolute atomic E-state index is 0.834. The van der Waals surface area contributed by atoms with Crippen LogP contribution in [0, 0.1) is 0 Å². The van der Waals surface area contributed by atoms with E-state index in [9.17, 15) is 0 Å². The van der Waals surface area contributed by atoms with Crippen molar-refractivity contribution in [3.8, 4) is 0 Å². The van der Waals surface area contributed by atoms with E-state index in [1.54, 1.807) is 0 Å². The quantitative estimate of drug-likeness (QED) is 0.508. The molecule has 16 heavy (non-hydrogen) atoms. The van der Waals surface area contributed by atoms with Crippen LogP contribution in [0.25, 0.3) is 0 Å². The zero-order chi connectivity index (χ0) is 13.0. The molecule has 0 spiro atoms. The fourth-order valence-electron chi connectivity index (χ4n) is 0.954. The SMILES string of the molecule is C=C(C)/C=C\C(=C)CC(=C)/C=C\CC.CC. The normalized spacial score (nSPS) is 10.0. The highest BCUT2D eigenvalue weighted by molar-refractivity contribution is 5.29. The Morgan fingerprint density at radius 3 is 1.88 bits per heavy atom. The Labute approximate surface area is 102 Å². The summed E-state index contributed by atoms with van der Waals surface area (Å²) in [7, 11) is 0. The number of rotatable bonds is 6. The van der Waals surface area contributed by atoms with Gasteiger partial charge in [-0.2, -0.15) is 0 Å². The first-order valence-corrected chi connectivity index (χ1v) is 5.92. The van der Waals surface area contributed by atoms with E-state index in [0.717, 1.165) is 29.6 Å². The molecule has 0 aliphatic rings. The van der Waals surface area contributed by atoms with E-state index < -0.39 is 0 Å². The molecule has 0 saturated carbocycles. The van der Waals surface area contributed by atoms with E-state index in [4.69, 9.17) is 0 Å². The van der Waals surface area contributed by atoms with Crippen molar-refractivity contribution in [1.29, 1.82) is 0 Å². The Kier molecular flexibility index (Phi) is 12.6. The fourth-order valence-corrected chi connectivity index (χ4v) is 0.954. The molecule has 0 aromatic rings.